The second kappa shape index (κ2) is 29.2. The smallest absolute Gasteiger partial charge is 0.187 e. The fraction of sp³-hybridized carbons (Fsp3) is 1.00. The predicted octanol–water partition coefficient (Wildman–Crippen LogP) is 0.270. The number of nitrogens with one attached hydrogen (secondary N) is 1. The van der Waals surface area contributed by atoms with Gasteiger partial charge in [-0.3, -0.25) is 0 Å². The van der Waals surface area contributed by atoms with E-state index in [4.69, 9.17) is 85.3 Å². The van der Waals surface area contributed by atoms with Gasteiger partial charge in [0.05, 0.1) is 57.4 Å². The molecule has 1 saturated carbocycles. The molecule has 1 aliphatic carbocycles. The summed E-state index contributed by atoms with van der Waals surface area (Å²) in [5.41, 5.74) is 0. The van der Waals surface area contributed by atoms with E-state index in [1.165, 1.54) is 7.11 Å². The van der Waals surface area contributed by atoms with E-state index in [9.17, 15) is 5.11 Å². The van der Waals surface area contributed by atoms with Crippen LogP contribution in [0.25, 0.3) is 0 Å². The van der Waals surface area contributed by atoms with Crippen LogP contribution in [0, 0.1) is 11.8 Å². The van der Waals surface area contributed by atoms with Crippen LogP contribution in [0.1, 0.15) is 6.92 Å². The van der Waals surface area contributed by atoms with Crippen LogP contribution in [0.4, 0.5) is 0 Å². The van der Waals surface area contributed by atoms with Crippen LogP contribution in [-0.2, 0) is 85.3 Å². The van der Waals surface area contributed by atoms with Gasteiger partial charge in [-0.2, -0.15) is 24.4 Å². The summed E-state index contributed by atoms with van der Waals surface area (Å²) >= 11 is 6.02. The number of ether oxygens (including phenoxy) is 18. The number of methoxy groups -OCH3 is 12. The van der Waals surface area contributed by atoms with Gasteiger partial charge in [-0.25, -0.2) is 0 Å². The predicted molar refractivity (Wildman–Crippen MR) is 236 cm³/mol. The zero-order valence-electron chi connectivity index (χ0n) is 39.9. The Kier molecular flexibility index (Phi) is 25.7. The van der Waals surface area contributed by atoms with Gasteiger partial charge in [0.2, 0.25) is 0 Å². The van der Waals surface area contributed by atoms with Crippen LogP contribution >= 0.6 is 24.4 Å². The summed E-state index contributed by atoms with van der Waals surface area (Å²) in [6.45, 7) is 3.59. The molecule has 10 unspecified atom stereocenters. The zero-order chi connectivity index (χ0) is 46.9. The minimum atomic E-state index is -1.02. The third-order valence-electron chi connectivity index (χ3n) is 12.8. The lowest BCUT2D eigenvalue weighted by Crippen LogP contribution is -2.72. The van der Waals surface area contributed by atoms with Crippen LogP contribution in [0.5, 0.6) is 0 Å². The SMILES string of the molecule is COCC1C(SCCOCCS)[C@@H](N[C@H]2C(C)O[C@@H](O[C@H]3C(COC)O[C@@H](O[C@H]4C(COC)OC(OC)C(OC)[C@H]4OC)C(OC)[C@H]3OC)C(OC)[C@H]2OC)C(OC)[C@@H](OC)[C@H]1CO. The number of rotatable bonds is 28. The Balaban J connectivity index is 1.63. The van der Waals surface area contributed by atoms with Crippen LogP contribution in [0.15, 0.2) is 0 Å². The number of aliphatic hydroxyl groups excluding tert-OH is 1. The average Bonchev–Trinajstić information content (AvgIpc) is 3.30. The number of hydrogen-bond donors (Lipinski definition) is 3. The lowest BCUT2D eigenvalue weighted by molar-refractivity contribution is -0.381. The van der Waals surface area contributed by atoms with Crippen molar-refractivity contribution in [3.63, 3.8) is 0 Å². The van der Waals surface area contributed by atoms with Crippen molar-refractivity contribution in [2.45, 2.75) is 122 Å². The molecule has 0 aromatic carbocycles. The van der Waals surface area contributed by atoms with Gasteiger partial charge in [-0.15, -0.1) is 0 Å². The Morgan fingerprint density at radius 2 is 0.969 bits per heavy atom. The second-order valence-electron chi connectivity index (χ2n) is 16.1. The molecular weight excluding hydrogens is 887 g/mol. The van der Waals surface area contributed by atoms with E-state index in [1.54, 1.807) is 90.0 Å². The first-order valence-corrected chi connectivity index (χ1v) is 23.4. The maximum absolute atomic E-state index is 10.7. The summed E-state index contributed by atoms with van der Waals surface area (Å²) in [6, 6.07) is -0.755. The molecule has 64 heavy (non-hydrogen) atoms. The Morgan fingerprint density at radius 3 is 1.44 bits per heavy atom. The van der Waals surface area contributed by atoms with E-state index in [-0.39, 0.29) is 42.9 Å². The van der Waals surface area contributed by atoms with Crippen molar-refractivity contribution in [2.24, 2.45) is 11.8 Å². The van der Waals surface area contributed by atoms with Gasteiger partial charge in [0, 0.05) is 127 Å². The van der Waals surface area contributed by atoms with Gasteiger partial charge >= 0.3 is 0 Å². The van der Waals surface area contributed by atoms with E-state index in [2.05, 4.69) is 17.9 Å². The minimum Gasteiger partial charge on any atom is -0.396 e. The number of aliphatic hydroxyl groups is 1. The molecule has 3 aliphatic heterocycles. The van der Waals surface area contributed by atoms with E-state index in [1.807, 2.05) is 6.92 Å². The van der Waals surface area contributed by atoms with Crippen molar-refractivity contribution in [3.05, 3.63) is 0 Å². The summed E-state index contributed by atoms with van der Waals surface area (Å²) in [5, 5.41) is 14.5. The summed E-state index contributed by atoms with van der Waals surface area (Å²) in [7, 11) is 19.1. The van der Waals surface area contributed by atoms with Gasteiger partial charge in [-0.1, -0.05) is 0 Å². The molecule has 4 rings (SSSR count). The van der Waals surface area contributed by atoms with Crippen LogP contribution in [0.2, 0.25) is 0 Å². The Morgan fingerprint density at radius 1 is 0.500 bits per heavy atom. The van der Waals surface area contributed by atoms with Crippen molar-refractivity contribution < 1.29 is 90.4 Å². The molecule has 0 bridgehead atoms. The van der Waals surface area contributed by atoms with Gasteiger partial charge < -0.3 is 95.7 Å². The van der Waals surface area contributed by atoms with Crippen molar-refractivity contribution in [1.82, 2.24) is 5.32 Å². The zero-order valence-corrected chi connectivity index (χ0v) is 41.6. The maximum Gasteiger partial charge on any atom is 0.187 e. The molecule has 0 amide bonds. The van der Waals surface area contributed by atoms with Gasteiger partial charge in [0.25, 0.3) is 0 Å². The van der Waals surface area contributed by atoms with E-state index < -0.39 is 104 Å². The molecule has 20 nitrogen and oxygen atoms in total. The summed E-state index contributed by atoms with van der Waals surface area (Å²) in [6.07, 6.45) is -11.3. The number of hydrogen-bond acceptors (Lipinski definition) is 22. The molecule has 0 aromatic heterocycles. The lowest BCUT2D eigenvalue weighted by atomic mass is 9.72. The molecule has 21 atom stereocenters. The standard InChI is InChI=1S/C42H79NO19S2/c1-22-27(43-28-33(50-7)29(48-5)23(18-44)24(19-45-2)39(28)64-17-15-57-14-16-63)32(49-6)36(53-10)41(58-22)61-31-26(21-47-4)60-42(38(55-12)35(31)52-9)62-30-25(20-46-3)59-40(56-13)37(54-11)34(30)51-8/h22-44,63H,14-21H2,1-13H3/t22?,23-,24?,25?,26?,27-,28-,29-,30-,31-,32-,33?,34-,35-,36?,37?,38?,39?,40?,41-,42-/m0/s1. The molecular formula is C42H79NO19S2. The second-order valence-corrected chi connectivity index (χ2v) is 17.8. The van der Waals surface area contributed by atoms with E-state index in [0.717, 1.165) is 0 Å². The van der Waals surface area contributed by atoms with Crippen molar-refractivity contribution in [2.75, 3.05) is 136 Å². The van der Waals surface area contributed by atoms with Crippen molar-refractivity contribution in [1.29, 1.82) is 0 Å². The quantitative estimate of drug-likeness (QED) is 0.0713. The highest BCUT2D eigenvalue weighted by Crippen LogP contribution is 2.42. The summed E-state index contributed by atoms with van der Waals surface area (Å²) in [5.74, 6) is 0.964. The molecule has 0 radical (unpaired) electrons. The van der Waals surface area contributed by atoms with Gasteiger partial charge in [0.1, 0.15) is 61.0 Å². The first-order valence-electron chi connectivity index (χ1n) is 21.8. The van der Waals surface area contributed by atoms with Crippen LogP contribution < -0.4 is 5.32 Å². The molecule has 4 aliphatic rings. The third kappa shape index (κ3) is 13.2. The van der Waals surface area contributed by atoms with Crippen molar-refractivity contribution in [3.8, 4) is 0 Å². The van der Waals surface area contributed by atoms with Crippen molar-refractivity contribution >= 4 is 24.4 Å². The Labute approximate surface area is 389 Å². The third-order valence-corrected chi connectivity index (χ3v) is 14.4. The highest BCUT2D eigenvalue weighted by molar-refractivity contribution is 8.00. The van der Waals surface area contributed by atoms with Gasteiger partial charge in [0.15, 0.2) is 18.9 Å². The number of thioether (sulfide) groups is 1. The average molecular weight is 966 g/mol. The largest absolute Gasteiger partial charge is 0.396 e. The molecule has 2 N–H and O–H groups in total. The first kappa shape index (κ1) is 56.5. The van der Waals surface area contributed by atoms with Gasteiger partial charge in [-0.05, 0) is 6.92 Å². The van der Waals surface area contributed by atoms with Crippen LogP contribution in [-0.4, -0.2) is 257 Å². The fourth-order valence-electron chi connectivity index (χ4n) is 9.87. The molecule has 3 saturated heterocycles. The molecule has 0 aromatic rings. The van der Waals surface area contributed by atoms with E-state index >= 15 is 0 Å². The maximum atomic E-state index is 10.7. The molecule has 22 heteroatoms. The minimum absolute atomic E-state index is 0.0956. The number of thiol groups is 1. The topological polar surface area (TPSA) is 198 Å². The first-order chi connectivity index (χ1) is 31.1. The monoisotopic (exact) mass is 965 g/mol. The van der Waals surface area contributed by atoms with Crippen LogP contribution in [0.3, 0.4) is 0 Å². The molecule has 3 heterocycles. The normalized spacial score (nSPS) is 42.0. The fourth-order valence-corrected chi connectivity index (χ4v) is 11.5. The highest BCUT2D eigenvalue weighted by atomic mass is 32.2. The Bertz CT molecular complexity index is 1260. The molecule has 378 valence electrons. The lowest BCUT2D eigenvalue weighted by Gasteiger charge is -2.53. The molecule has 0 spiro atoms. The Hall–Kier alpha value is -0.100. The summed E-state index contributed by atoms with van der Waals surface area (Å²) in [4.78, 5) is 0. The summed E-state index contributed by atoms with van der Waals surface area (Å²) < 4.78 is 110. The highest BCUT2D eigenvalue weighted by Gasteiger charge is 2.57. The molecule has 4 fully saturated rings. The van der Waals surface area contributed by atoms with E-state index in [0.29, 0.717) is 31.3 Å².